The van der Waals surface area contributed by atoms with Gasteiger partial charge < -0.3 is 15.2 Å². The van der Waals surface area contributed by atoms with Gasteiger partial charge in [0.2, 0.25) is 5.91 Å². The first kappa shape index (κ1) is 14.8. The zero-order valence-corrected chi connectivity index (χ0v) is 12.1. The Hall–Kier alpha value is -2.63. The van der Waals surface area contributed by atoms with E-state index < -0.39 is 0 Å². The number of rotatable bonds is 4. The van der Waals surface area contributed by atoms with Crippen molar-refractivity contribution in [1.29, 1.82) is 0 Å². The van der Waals surface area contributed by atoms with Gasteiger partial charge in [-0.2, -0.15) is 0 Å². The minimum Gasteiger partial charge on any atom is -0.360 e. The van der Waals surface area contributed by atoms with E-state index in [4.69, 9.17) is 4.52 Å². The molecular weight excluding hydrogens is 270 g/mol. The van der Waals surface area contributed by atoms with Gasteiger partial charge in [0.1, 0.15) is 5.76 Å². The van der Waals surface area contributed by atoms with Crippen LogP contribution < -0.4 is 10.6 Å². The zero-order valence-electron chi connectivity index (χ0n) is 12.1. The molecule has 21 heavy (non-hydrogen) atoms. The number of aromatic nitrogens is 1. The maximum absolute atomic E-state index is 12.0. The number of hydrogen-bond donors (Lipinski definition) is 2. The second kappa shape index (κ2) is 6.21. The Labute approximate surface area is 122 Å². The molecule has 1 heterocycles. The summed E-state index contributed by atoms with van der Waals surface area (Å²) in [5.41, 5.74) is 1.52. The van der Waals surface area contributed by atoms with E-state index in [1.54, 1.807) is 30.3 Å². The lowest BCUT2D eigenvalue weighted by Crippen LogP contribution is -2.12. The van der Waals surface area contributed by atoms with Gasteiger partial charge in [-0.05, 0) is 24.3 Å². The van der Waals surface area contributed by atoms with Crippen LogP contribution >= 0.6 is 0 Å². The normalized spacial score (nSPS) is 10.5. The van der Waals surface area contributed by atoms with E-state index in [0.717, 1.165) is 0 Å². The Kier molecular flexibility index (Phi) is 4.37. The van der Waals surface area contributed by atoms with Crippen molar-refractivity contribution < 1.29 is 14.1 Å². The van der Waals surface area contributed by atoms with Gasteiger partial charge in [0.05, 0.1) is 0 Å². The van der Waals surface area contributed by atoms with Crippen molar-refractivity contribution in [3.05, 3.63) is 41.8 Å². The highest BCUT2D eigenvalue weighted by atomic mass is 16.5. The summed E-state index contributed by atoms with van der Waals surface area (Å²) in [6.45, 7) is 5.36. The van der Waals surface area contributed by atoms with Crippen LogP contribution in [0.25, 0.3) is 0 Å². The molecular formula is C15H17N3O3. The summed E-state index contributed by atoms with van der Waals surface area (Å²) in [5.74, 6) is 0.366. The summed E-state index contributed by atoms with van der Waals surface area (Å²) in [6, 6.07) is 8.45. The van der Waals surface area contributed by atoms with Gasteiger partial charge in [0.25, 0.3) is 5.91 Å². The molecule has 110 valence electrons. The summed E-state index contributed by atoms with van der Waals surface area (Å²) < 4.78 is 5.09. The molecule has 0 unspecified atom stereocenters. The molecule has 0 radical (unpaired) electrons. The number of carbonyl (C=O) groups excluding carboxylic acids is 2. The lowest BCUT2D eigenvalue weighted by Gasteiger charge is -2.05. The average molecular weight is 287 g/mol. The third-order valence-electron chi connectivity index (χ3n) is 2.79. The average Bonchev–Trinajstić information content (AvgIpc) is 2.90. The summed E-state index contributed by atoms with van der Waals surface area (Å²) in [6.07, 6.45) is 0. The van der Waals surface area contributed by atoms with Gasteiger partial charge >= 0.3 is 0 Å². The fourth-order valence-corrected chi connectivity index (χ4v) is 1.70. The number of anilines is 2. The van der Waals surface area contributed by atoms with Crippen molar-refractivity contribution in [1.82, 2.24) is 5.16 Å². The Morgan fingerprint density at radius 2 is 1.67 bits per heavy atom. The lowest BCUT2D eigenvalue weighted by atomic mass is 10.1. The molecule has 0 saturated heterocycles. The van der Waals surface area contributed by atoms with E-state index in [-0.39, 0.29) is 23.4 Å². The first-order valence-electron chi connectivity index (χ1n) is 6.61. The predicted octanol–water partition coefficient (Wildman–Crippen LogP) is 3.01. The highest BCUT2D eigenvalue weighted by Gasteiger charge is 2.14. The van der Waals surface area contributed by atoms with Gasteiger partial charge in [0, 0.05) is 30.3 Å². The lowest BCUT2D eigenvalue weighted by molar-refractivity contribution is -0.114. The minimum atomic E-state index is -0.335. The van der Waals surface area contributed by atoms with Gasteiger partial charge in [-0.3, -0.25) is 9.59 Å². The molecule has 0 spiro atoms. The van der Waals surface area contributed by atoms with E-state index in [2.05, 4.69) is 15.8 Å². The number of hydrogen-bond acceptors (Lipinski definition) is 4. The minimum absolute atomic E-state index is 0.143. The fourth-order valence-electron chi connectivity index (χ4n) is 1.70. The molecule has 2 amide bonds. The predicted molar refractivity (Wildman–Crippen MR) is 79.3 cm³/mol. The second-order valence-electron chi connectivity index (χ2n) is 4.98. The van der Waals surface area contributed by atoms with E-state index >= 15 is 0 Å². The second-order valence-corrected chi connectivity index (χ2v) is 4.98. The first-order valence-corrected chi connectivity index (χ1v) is 6.61. The van der Waals surface area contributed by atoms with E-state index in [9.17, 15) is 9.59 Å². The van der Waals surface area contributed by atoms with Gasteiger partial charge in [0.15, 0.2) is 5.69 Å². The molecule has 0 aliphatic rings. The Bertz CT molecular complexity index is 644. The topological polar surface area (TPSA) is 84.2 Å². The summed E-state index contributed by atoms with van der Waals surface area (Å²) >= 11 is 0. The first-order chi connectivity index (χ1) is 9.95. The number of benzene rings is 1. The van der Waals surface area contributed by atoms with Crippen molar-refractivity contribution >= 4 is 23.2 Å². The van der Waals surface area contributed by atoms with Gasteiger partial charge in [-0.1, -0.05) is 19.0 Å². The molecule has 0 saturated carbocycles. The van der Waals surface area contributed by atoms with Crippen LogP contribution in [-0.4, -0.2) is 17.0 Å². The van der Waals surface area contributed by atoms with E-state index in [0.29, 0.717) is 17.1 Å². The van der Waals surface area contributed by atoms with Crippen LogP contribution in [0.4, 0.5) is 11.4 Å². The molecule has 2 N–H and O–H groups in total. The highest BCUT2D eigenvalue weighted by Crippen LogP contribution is 2.17. The van der Waals surface area contributed by atoms with Crippen LogP contribution in [0.3, 0.4) is 0 Å². The molecule has 0 aliphatic carbocycles. The van der Waals surface area contributed by atoms with Crippen molar-refractivity contribution in [2.45, 2.75) is 26.7 Å². The van der Waals surface area contributed by atoms with Gasteiger partial charge in [-0.15, -0.1) is 0 Å². The molecule has 1 aromatic heterocycles. The van der Waals surface area contributed by atoms with Crippen molar-refractivity contribution in [2.24, 2.45) is 0 Å². The van der Waals surface area contributed by atoms with Crippen LogP contribution in [0.15, 0.2) is 34.9 Å². The highest BCUT2D eigenvalue weighted by molar-refractivity contribution is 6.03. The molecule has 6 heteroatoms. The van der Waals surface area contributed by atoms with Crippen molar-refractivity contribution in [3.8, 4) is 0 Å². The number of amides is 2. The molecule has 0 aliphatic heterocycles. The molecule has 0 atom stereocenters. The zero-order chi connectivity index (χ0) is 15.4. The van der Waals surface area contributed by atoms with Gasteiger partial charge in [-0.25, -0.2) is 0 Å². The largest absolute Gasteiger partial charge is 0.360 e. The molecule has 6 nitrogen and oxygen atoms in total. The van der Waals surface area contributed by atoms with Crippen LogP contribution in [-0.2, 0) is 4.79 Å². The van der Waals surface area contributed by atoms with E-state index in [1.165, 1.54) is 6.92 Å². The standard InChI is InChI=1S/C15H17N3O3/c1-9(2)14-8-13(18-21-14)15(20)17-12-6-4-11(5-7-12)16-10(3)19/h4-9H,1-3H3,(H,16,19)(H,17,20). The van der Waals surface area contributed by atoms with Crippen molar-refractivity contribution in [3.63, 3.8) is 0 Å². The number of nitrogens with zero attached hydrogens (tertiary/aromatic N) is 1. The number of carbonyl (C=O) groups is 2. The summed E-state index contributed by atoms with van der Waals surface area (Å²) in [4.78, 5) is 22.9. The molecule has 1 aromatic carbocycles. The van der Waals surface area contributed by atoms with Crippen LogP contribution in [0, 0.1) is 0 Å². The SMILES string of the molecule is CC(=O)Nc1ccc(NC(=O)c2cc(C(C)C)on2)cc1. The maximum Gasteiger partial charge on any atom is 0.277 e. The Balaban J connectivity index is 2.03. The molecule has 0 bridgehead atoms. The third kappa shape index (κ3) is 3.92. The van der Waals surface area contributed by atoms with E-state index in [1.807, 2.05) is 13.8 Å². The third-order valence-corrected chi connectivity index (χ3v) is 2.79. The molecule has 2 aromatic rings. The monoisotopic (exact) mass is 287 g/mol. The molecule has 0 fully saturated rings. The van der Waals surface area contributed by atoms with Crippen molar-refractivity contribution in [2.75, 3.05) is 10.6 Å². The fraction of sp³-hybridized carbons (Fsp3) is 0.267. The van der Waals surface area contributed by atoms with Crippen LogP contribution in [0.5, 0.6) is 0 Å². The maximum atomic E-state index is 12.0. The van der Waals surface area contributed by atoms with Crippen LogP contribution in [0.2, 0.25) is 0 Å². The Morgan fingerprint density at radius 3 is 2.14 bits per heavy atom. The number of nitrogens with one attached hydrogen (secondary N) is 2. The van der Waals surface area contributed by atoms with Crippen LogP contribution in [0.1, 0.15) is 42.9 Å². The summed E-state index contributed by atoms with van der Waals surface area (Å²) in [5, 5.41) is 9.12. The summed E-state index contributed by atoms with van der Waals surface area (Å²) in [7, 11) is 0. The quantitative estimate of drug-likeness (QED) is 0.905. The smallest absolute Gasteiger partial charge is 0.277 e. The Morgan fingerprint density at radius 1 is 1.10 bits per heavy atom. The molecule has 2 rings (SSSR count).